The molecule has 1 aliphatic rings. The van der Waals surface area contributed by atoms with Crippen molar-refractivity contribution in [3.8, 4) is 0 Å². The number of nitrogens with zero attached hydrogens (tertiary/aromatic N) is 1. The third kappa shape index (κ3) is 2.26. The van der Waals surface area contributed by atoms with Gasteiger partial charge < -0.3 is 16.6 Å². The summed E-state index contributed by atoms with van der Waals surface area (Å²) in [5.74, 6) is 0. The van der Waals surface area contributed by atoms with Crippen molar-refractivity contribution < 1.29 is 5.11 Å². The molecule has 1 aliphatic carbocycles. The second kappa shape index (κ2) is 4.00. The Morgan fingerprint density at radius 2 is 2.29 bits per heavy atom. The lowest BCUT2D eigenvalue weighted by atomic mass is 10.0. The lowest BCUT2D eigenvalue weighted by Crippen LogP contribution is -2.33. The van der Waals surface area contributed by atoms with Crippen LogP contribution in [0.4, 0.5) is 0 Å². The van der Waals surface area contributed by atoms with Crippen molar-refractivity contribution in [3.63, 3.8) is 0 Å². The highest BCUT2D eigenvalue weighted by atomic mass is 16.3. The summed E-state index contributed by atoms with van der Waals surface area (Å²) in [4.78, 5) is 4.39. The van der Waals surface area contributed by atoms with E-state index in [-0.39, 0.29) is 6.04 Å². The van der Waals surface area contributed by atoms with Gasteiger partial charge in [0.1, 0.15) is 0 Å². The summed E-state index contributed by atoms with van der Waals surface area (Å²) >= 11 is 0. The molecule has 0 radical (unpaired) electrons. The van der Waals surface area contributed by atoms with Crippen LogP contribution < -0.4 is 11.5 Å². The van der Waals surface area contributed by atoms with Crippen LogP contribution in [-0.2, 0) is 0 Å². The fourth-order valence-electron chi connectivity index (χ4n) is 1.76. The Balaban J connectivity index is 2.77. The smallest absolute Gasteiger partial charge is 0.0842 e. The molecule has 5 N–H and O–H groups in total. The van der Waals surface area contributed by atoms with Gasteiger partial charge in [-0.05, 0) is 33.1 Å². The number of nitrogens with two attached hydrogens (primary N) is 2. The maximum atomic E-state index is 9.96. The SMILES string of the molecule is CC(=NC1CCCC1(C)O)C(N)=CN. The summed E-state index contributed by atoms with van der Waals surface area (Å²) in [5, 5.41) is 9.96. The van der Waals surface area contributed by atoms with Gasteiger partial charge in [-0.3, -0.25) is 4.99 Å². The van der Waals surface area contributed by atoms with Crippen molar-refractivity contribution in [1.29, 1.82) is 0 Å². The maximum Gasteiger partial charge on any atom is 0.0842 e. The van der Waals surface area contributed by atoms with Crippen LogP contribution >= 0.6 is 0 Å². The Bertz CT molecular complexity index is 269. The van der Waals surface area contributed by atoms with E-state index < -0.39 is 5.60 Å². The Kier molecular flexibility index (Phi) is 3.16. The summed E-state index contributed by atoms with van der Waals surface area (Å²) < 4.78 is 0. The molecular weight excluding hydrogens is 178 g/mol. The lowest BCUT2D eigenvalue weighted by Gasteiger charge is -2.22. The fraction of sp³-hybridized carbons (Fsp3) is 0.700. The maximum absolute atomic E-state index is 9.96. The van der Waals surface area contributed by atoms with Crippen LogP contribution in [-0.4, -0.2) is 22.5 Å². The topological polar surface area (TPSA) is 84.6 Å². The van der Waals surface area contributed by atoms with Crippen molar-refractivity contribution >= 4 is 5.71 Å². The minimum absolute atomic E-state index is 0.0407. The summed E-state index contributed by atoms with van der Waals surface area (Å²) in [6, 6.07) is -0.0407. The zero-order valence-corrected chi connectivity index (χ0v) is 8.83. The van der Waals surface area contributed by atoms with E-state index in [0.717, 1.165) is 19.3 Å². The highest BCUT2D eigenvalue weighted by Crippen LogP contribution is 2.32. The van der Waals surface area contributed by atoms with E-state index in [1.54, 1.807) is 0 Å². The van der Waals surface area contributed by atoms with Crippen molar-refractivity contribution in [2.45, 2.75) is 44.8 Å². The highest BCUT2D eigenvalue weighted by molar-refractivity contribution is 5.97. The Morgan fingerprint density at radius 1 is 1.64 bits per heavy atom. The molecule has 1 saturated carbocycles. The number of aliphatic hydroxyl groups is 1. The van der Waals surface area contributed by atoms with Crippen LogP contribution in [0.3, 0.4) is 0 Å². The molecule has 0 spiro atoms. The van der Waals surface area contributed by atoms with Gasteiger partial charge in [-0.1, -0.05) is 0 Å². The predicted octanol–water partition coefficient (Wildman–Crippen LogP) is 0.510. The molecule has 0 aromatic heterocycles. The average molecular weight is 197 g/mol. The van der Waals surface area contributed by atoms with E-state index in [4.69, 9.17) is 11.5 Å². The second-order valence-electron chi connectivity index (χ2n) is 4.10. The minimum atomic E-state index is -0.684. The molecule has 0 aromatic carbocycles. The molecule has 0 amide bonds. The number of rotatable bonds is 2. The van der Waals surface area contributed by atoms with Gasteiger partial charge in [0.2, 0.25) is 0 Å². The molecule has 2 unspecified atom stereocenters. The normalized spacial score (nSPS) is 34.9. The molecule has 0 aliphatic heterocycles. The summed E-state index contributed by atoms with van der Waals surface area (Å²) in [6.07, 6.45) is 4.08. The lowest BCUT2D eigenvalue weighted by molar-refractivity contribution is 0.0526. The van der Waals surface area contributed by atoms with Gasteiger partial charge in [-0.15, -0.1) is 0 Å². The summed E-state index contributed by atoms with van der Waals surface area (Å²) in [7, 11) is 0. The average Bonchev–Trinajstić information content (AvgIpc) is 2.44. The number of aliphatic imine (C=N–C) groups is 1. The largest absolute Gasteiger partial charge is 0.403 e. The fourth-order valence-corrected chi connectivity index (χ4v) is 1.76. The van der Waals surface area contributed by atoms with Crippen LogP contribution in [0, 0.1) is 0 Å². The van der Waals surface area contributed by atoms with Crippen LogP contribution in [0.2, 0.25) is 0 Å². The molecule has 0 saturated heterocycles. The van der Waals surface area contributed by atoms with Gasteiger partial charge in [0.15, 0.2) is 0 Å². The predicted molar refractivity (Wildman–Crippen MR) is 57.8 cm³/mol. The van der Waals surface area contributed by atoms with E-state index in [0.29, 0.717) is 11.4 Å². The van der Waals surface area contributed by atoms with Crippen molar-refractivity contribution in [1.82, 2.24) is 0 Å². The van der Waals surface area contributed by atoms with E-state index in [1.165, 1.54) is 6.20 Å². The van der Waals surface area contributed by atoms with Crippen LogP contribution in [0.25, 0.3) is 0 Å². The van der Waals surface area contributed by atoms with Gasteiger partial charge >= 0.3 is 0 Å². The highest BCUT2D eigenvalue weighted by Gasteiger charge is 2.36. The van der Waals surface area contributed by atoms with Gasteiger partial charge in [0.25, 0.3) is 0 Å². The summed E-state index contributed by atoms with van der Waals surface area (Å²) in [5.41, 5.74) is 11.4. The van der Waals surface area contributed by atoms with Gasteiger partial charge in [0.05, 0.1) is 23.1 Å². The third-order valence-corrected chi connectivity index (χ3v) is 2.83. The van der Waals surface area contributed by atoms with E-state index in [1.807, 2.05) is 13.8 Å². The molecular formula is C10H19N3O. The number of hydrogen-bond acceptors (Lipinski definition) is 4. The van der Waals surface area contributed by atoms with Crippen LogP contribution in [0.1, 0.15) is 33.1 Å². The zero-order chi connectivity index (χ0) is 10.8. The quantitative estimate of drug-likeness (QED) is 0.564. The van der Waals surface area contributed by atoms with Gasteiger partial charge in [-0.25, -0.2) is 0 Å². The number of allylic oxidation sites excluding steroid dienone is 1. The van der Waals surface area contributed by atoms with Crippen LogP contribution in [0.5, 0.6) is 0 Å². The first-order valence-electron chi connectivity index (χ1n) is 4.92. The molecule has 2 atom stereocenters. The monoisotopic (exact) mass is 197 g/mol. The molecule has 0 bridgehead atoms. The first kappa shape index (κ1) is 11.0. The van der Waals surface area contributed by atoms with Gasteiger partial charge in [0, 0.05) is 6.20 Å². The Morgan fingerprint density at radius 3 is 2.71 bits per heavy atom. The molecule has 14 heavy (non-hydrogen) atoms. The standard InChI is InChI=1S/C10H19N3O/c1-7(8(12)6-11)13-9-4-3-5-10(9,2)14/h6,9,14H,3-5,11-12H2,1-2H3. The molecule has 1 rings (SSSR count). The molecule has 4 nitrogen and oxygen atoms in total. The van der Waals surface area contributed by atoms with E-state index in [9.17, 15) is 5.11 Å². The molecule has 1 fully saturated rings. The summed E-state index contributed by atoms with van der Waals surface area (Å²) in [6.45, 7) is 3.64. The van der Waals surface area contributed by atoms with Crippen LogP contribution in [0.15, 0.2) is 16.9 Å². The molecule has 0 heterocycles. The minimum Gasteiger partial charge on any atom is -0.403 e. The first-order chi connectivity index (χ1) is 6.47. The third-order valence-electron chi connectivity index (χ3n) is 2.83. The number of hydrogen-bond donors (Lipinski definition) is 3. The Labute approximate surface area is 84.7 Å². The molecule has 0 aromatic rings. The van der Waals surface area contributed by atoms with Gasteiger partial charge in [-0.2, -0.15) is 0 Å². The van der Waals surface area contributed by atoms with Crippen molar-refractivity contribution in [3.05, 3.63) is 11.9 Å². The molecule has 4 heteroatoms. The zero-order valence-electron chi connectivity index (χ0n) is 8.83. The van der Waals surface area contributed by atoms with Crippen molar-refractivity contribution in [2.75, 3.05) is 0 Å². The first-order valence-corrected chi connectivity index (χ1v) is 4.92. The van der Waals surface area contributed by atoms with E-state index in [2.05, 4.69) is 4.99 Å². The molecule has 80 valence electrons. The van der Waals surface area contributed by atoms with E-state index >= 15 is 0 Å². The van der Waals surface area contributed by atoms with Crippen molar-refractivity contribution in [2.24, 2.45) is 16.5 Å². The Hall–Kier alpha value is -1.03. The second-order valence-corrected chi connectivity index (χ2v) is 4.10.